The summed E-state index contributed by atoms with van der Waals surface area (Å²) >= 11 is 2.17. The van der Waals surface area contributed by atoms with Gasteiger partial charge in [0.05, 0.1) is 5.60 Å². The summed E-state index contributed by atoms with van der Waals surface area (Å²) in [6, 6.07) is 1.93. The Morgan fingerprint density at radius 2 is 2.14 bits per heavy atom. The van der Waals surface area contributed by atoms with Crippen LogP contribution in [0.4, 0.5) is 5.82 Å². The highest BCUT2D eigenvalue weighted by Crippen LogP contribution is 2.26. The zero-order valence-corrected chi connectivity index (χ0v) is 10.3. The van der Waals surface area contributed by atoms with Gasteiger partial charge in [-0.2, -0.15) is 0 Å². The Kier molecular flexibility index (Phi) is 2.38. The summed E-state index contributed by atoms with van der Waals surface area (Å²) < 4.78 is 0.941. The normalized spacial score (nSPS) is 19.3. The molecule has 0 spiro atoms. The van der Waals surface area contributed by atoms with Crippen LogP contribution < -0.4 is 4.90 Å². The number of aliphatic hydroxyl groups is 1. The van der Waals surface area contributed by atoms with E-state index in [0.717, 1.165) is 15.3 Å². The molecular formula is C9H12IN3O. The van der Waals surface area contributed by atoms with Gasteiger partial charge in [-0.15, -0.1) is 0 Å². The Labute approximate surface area is 96.5 Å². The highest BCUT2D eigenvalue weighted by molar-refractivity contribution is 14.1. The summed E-state index contributed by atoms with van der Waals surface area (Å²) in [6.45, 7) is 5.02. The van der Waals surface area contributed by atoms with Crippen molar-refractivity contribution in [2.24, 2.45) is 0 Å². The maximum absolute atomic E-state index is 9.60. The van der Waals surface area contributed by atoms with E-state index in [1.807, 2.05) is 19.9 Å². The van der Waals surface area contributed by atoms with E-state index in [-0.39, 0.29) is 0 Å². The predicted molar refractivity (Wildman–Crippen MR) is 62.3 cm³/mol. The molecule has 1 saturated heterocycles. The van der Waals surface area contributed by atoms with E-state index in [1.54, 1.807) is 0 Å². The van der Waals surface area contributed by atoms with Crippen molar-refractivity contribution in [3.63, 3.8) is 0 Å². The molecule has 0 unspecified atom stereocenters. The van der Waals surface area contributed by atoms with Crippen molar-refractivity contribution in [2.45, 2.75) is 19.4 Å². The SMILES string of the molecule is Cc1nc(I)cc(N2CC(C)(O)C2)n1. The third kappa shape index (κ3) is 1.98. The maximum atomic E-state index is 9.60. The van der Waals surface area contributed by atoms with Crippen LogP contribution in [0.3, 0.4) is 0 Å². The fraction of sp³-hybridized carbons (Fsp3) is 0.556. The standard InChI is InChI=1S/C9H12IN3O/c1-6-11-7(10)3-8(12-6)13-4-9(2,14)5-13/h3,14H,4-5H2,1-2H3. The number of anilines is 1. The highest BCUT2D eigenvalue weighted by Gasteiger charge is 2.37. The molecule has 0 saturated carbocycles. The first-order valence-electron chi connectivity index (χ1n) is 4.45. The fourth-order valence-corrected chi connectivity index (χ4v) is 2.24. The Hall–Kier alpha value is -0.430. The molecule has 0 atom stereocenters. The van der Waals surface area contributed by atoms with Crippen LogP contribution in [-0.2, 0) is 0 Å². The summed E-state index contributed by atoms with van der Waals surface area (Å²) in [6.07, 6.45) is 0. The quantitative estimate of drug-likeness (QED) is 0.620. The molecule has 1 aromatic rings. The van der Waals surface area contributed by atoms with Crippen molar-refractivity contribution >= 4 is 28.4 Å². The molecule has 0 bridgehead atoms. The van der Waals surface area contributed by atoms with Crippen LogP contribution in [0.1, 0.15) is 12.7 Å². The molecule has 14 heavy (non-hydrogen) atoms. The molecule has 2 heterocycles. The average Bonchev–Trinajstić information content (AvgIpc) is 1.97. The molecule has 0 radical (unpaired) electrons. The Balaban J connectivity index is 2.18. The Morgan fingerprint density at radius 3 is 2.64 bits per heavy atom. The first-order chi connectivity index (χ1) is 6.46. The van der Waals surface area contributed by atoms with Gasteiger partial charge in [-0.1, -0.05) is 0 Å². The molecule has 5 heteroatoms. The van der Waals surface area contributed by atoms with Gasteiger partial charge in [0.15, 0.2) is 0 Å². The molecule has 1 aliphatic rings. The predicted octanol–water partition coefficient (Wildman–Crippen LogP) is 0.961. The van der Waals surface area contributed by atoms with Gasteiger partial charge in [0.1, 0.15) is 15.3 Å². The molecule has 2 rings (SSSR count). The lowest BCUT2D eigenvalue weighted by molar-refractivity contribution is 0.0305. The first kappa shape index (κ1) is 10.1. The minimum Gasteiger partial charge on any atom is -0.386 e. The lowest BCUT2D eigenvalue weighted by Crippen LogP contribution is -2.60. The monoisotopic (exact) mass is 305 g/mol. The molecule has 0 amide bonds. The fourth-order valence-electron chi connectivity index (χ4n) is 1.62. The van der Waals surface area contributed by atoms with Gasteiger partial charge in [-0.05, 0) is 36.4 Å². The van der Waals surface area contributed by atoms with Crippen molar-refractivity contribution in [1.82, 2.24) is 9.97 Å². The van der Waals surface area contributed by atoms with Crippen LogP contribution >= 0.6 is 22.6 Å². The molecule has 1 N–H and O–H groups in total. The zero-order valence-electron chi connectivity index (χ0n) is 8.16. The number of rotatable bonds is 1. The third-order valence-electron chi connectivity index (χ3n) is 2.18. The van der Waals surface area contributed by atoms with Gasteiger partial charge >= 0.3 is 0 Å². The lowest BCUT2D eigenvalue weighted by atomic mass is 9.97. The van der Waals surface area contributed by atoms with Gasteiger partial charge in [-0.25, -0.2) is 9.97 Å². The second-order valence-corrected chi connectivity index (χ2v) is 5.05. The topological polar surface area (TPSA) is 49.2 Å². The summed E-state index contributed by atoms with van der Waals surface area (Å²) in [5.41, 5.74) is -0.551. The molecular weight excluding hydrogens is 293 g/mol. The van der Waals surface area contributed by atoms with Gasteiger partial charge in [0, 0.05) is 19.2 Å². The van der Waals surface area contributed by atoms with Gasteiger partial charge in [0.25, 0.3) is 0 Å². The molecule has 1 aliphatic heterocycles. The van der Waals surface area contributed by atoms with Crippen LogP contribution in [0, 0.1) is 10.6 Å². The zero-order chi connectivity index (χ0) is 10.3. The number of β-amino-alcohol motifs (C(OH)–C–C–N with tert-alkyl or cyclic N) is 1. The molecule has 1 aromatic heterocycles. The van der Waals surface area contributed by atoms with E-state index >= 15 is 0 Å². The average molecular weight is 305 g/mol. The molecule has 0 aliphatic carbocycles. The largest absolute Gasteiger partial charge is 0.386 e. The minimum atomic E-state index is -0.551. The van der Waals surface area contributed by atoms with E-state index in [9.17, 15) is 5.11 Å². The molecule has 1 fully saturated rings. The van der Waals surface area contributed by atoms with E-state index in [1.165, 1.54) is 0 Å². The van der Waals surface area contributed by atoms with Crippen molar-refractivity contribution in [3.8, 4) is 0 Å². The van der Waals surface area contributed by atoms with E-state index in [4.69, 9.17) is 0 Å². The molecule has 0 aromatic carbocycles. The number of aromatic nitrogens is 2. The van der Waals surface area contributed by atoms with Crippen LogP contribution in [-0.4, -0.2) is 33.8 Å². The van der Waals surface area contributed by atoms with Crippen molar-refractivity contribution in [2.75, 3.05) is 18.0 Å². The van der Waals surface area contributed by atoms with Gasteiger partial charge in [0.2, 0.25) is 0 Å². The summed E-state index contributed by atoms with van der Waals surface area (Å²) in [5, 5.41) is 9.60. The summed E-state index contributed by atoms with van der Waals surface area (Å²) in [5.74, 6) is 1.69. The van der Waals surface area contributed by atoms with Gasteiger partial charge < -0.3 is 10.0 Å². The van der Waals surface area contributed by atoms with Crippen molar-refractivity contribution < 1.29 is 5.11 Å². The highest BCUT2D eigenvalue weighted by atomic mass is 127. The number of nitrogens with zero attached hydrogens (tertiary/aromatic N) is 3. The lowest BCUT2D eigenvalue weighted by Gasteiger charge is -2.44. The van der Waals surface area contributed by atoms with Crippen LogP contribution in [0.15, 0.2) is 6.07 Å². The maximum Gasteiger partial charge on any atom is 0.133 e. The number of aryl methyl sites for hydroxylation is 1. The smallest absolute Gasteiger partial charge is 0.133 e. The van der Waals surface area contributed by atoms with Crippen molar-refractivity contribution in [3.05, 3.63) is 15.6 Å². The molecule has 4 nitrogen and oxygen atoms in total. The van der Waals surface area contributed by atoms with Crippen molar-refractivity contribution in [1.29, 1.82) is 0 Å². The Bertz CT molecular complexity index is 339. The third-order valence-corrected chi connectivity index (χ3v) is 2.73. The van der Waals surface area contributed by atoms with Crippen LogP contribution in [0.2, 0.25) is 0 Å². The van der Waals surface area contributed by atoms with E-state index in [2.05, 4.69) is 37.5 Å². The van der Waals surface area contributed by atoms with Crippen LogP contribution in [0.5, 0.6) is 0 Å². The first-order valence-corrected chi connectivity index (χ1v) is 5.53. The van der Waals surface area contributed by atoms with Gasteiger partial charge in [-0.3, -0.25) is 0 Å². The number of halogens is 1. The minimum absolute atomic E-state index is 0.551. The van der Waals surface area contributed by atoms with Crippen LogP contribution in [0.25, 0.3) is 0 Å². The molecule has 76 valence electrons. The number of hydrogen-bond donors (Lipinski definition) is 1. The van der Waals surface area contributed by atoms with E-state index < -0.39 is 5.60 Å². The Morgan fingerprint density at radius 1 is 1.50 bits per heavy atom. The van der Waals surface area contributed by atoms with E-state index in [0.29, 0.717) is 13.1 Å². The number of hydrogen-bond acceptors (Lipinski definition) is 4. The summed E-state index contributed by atoms with van der Waals surface area (Å²) in [4.78, 5) is 10.6. The summed E-state index contributed by atoms with van der Waals surface area (Å²) in [7, 11) is 0. The second kappa shape index (κ2) is 3.30. The second-order valence-electron chi connectivity index (χ2n) is 3.95.